The summed E-state index contributed by atoms with van der Waals surface area (Å²) in [7, 11) is 0. The van der Waals surface area contributed by atoms with Crippen molar-refractivity contribution in [2.24, 2.45) is 56.7 Å². The molecule has 2 N–H and O–H groups in total. The molecule has 4 nitrogen and oxygen atoms in total. The number of aliphatic hydroxyl groups is 2. The molecule has 288 valence electrons. The van der Waals surface area contributed by atoms with Crippen LogP contribution in [0.25, 0.3) is 0 Å². The van der Waals surface area contributed by atoms with Gasteiger partial charge in [0.25, 0.3) is 0 Å². The molecule has 0 aromatic carbocycles. The number of carbonyl (C=O) groups is 1. The molecule has 4 fully saturated rings. The van der Waals surface area contributed by atoms with Crippen LogP contribution in [-0.2, 0) is 9.53 Å². The van der Waals surface area contributed by atoms with Gasteiger partial charge in [0, 0.05) is 17.3 Å². The Labute approximate surface area is 308 Å². The second kappa shape index (κ2) is 15.8. The summed E-state index contributed by atoms with van der Waals surface area (Å²) >= 11 is 0. The Balaban J connectivity index is 1.14. The number of fused-ring (bicyclic) bond motifs is 7. The molecule has 0 aromatic rings. The summed E-state index contributed by atoms with van der Waals surface area (Å²) in [5, 5.41) is 23.4. The number of allylic oxidation sites excluding steroid dienone is 1. The quantitative estimate of drug-likeness (QED) is 0.102. The minimum Gasteiger partial charge on any atom is -0.462 e. The highest BCUT2D eigenvalue weighted by Crippen LogP contribution is 2.76. The van der Waals surface area contributed by atoms with Crippen molar-refractivity contribution in [3.63, 3.8) is 0 Å². The Morgan fingerprint density at radius 1 is 0.760 bits per heavy atom. The normalized spacial score (nSPS) is 43.5. The summed E-state index contributed by atoms with van der Waals surface area (Å²) in [6, 6.07) is 0. The molecule has 0 amide bonds. The Morgan fingerprint density at radius 3 is 1.94 bits per heavy atom. The van der Waals surface area contributed by atoms with Gasteiger partial charge in [-0.05, 0) is 104 Å². The van der Waals surface area contributed by atoms with E-state index in [0.717, 1.165) is 32.1 Å². The molecule has 50 heavy (non-hydrogen) atoms. The molecule has 0 aromatic heterocycles. The van der Waals surface area contributed by atoms with E-state index in [0.29, 0.717) is 36.0 Å². The third kappa shape index (κ3) is 7.07. The van der Waals surface area contributed by atoms with Crippen LogP contribution in [0.1, 0.15) is 197 Å². The fraction of sp³-hybridized carbons (Fsp3) is 0.935. The Morgan fingerprint density at radius 2 is 1.34 bits per heavy atom. The van der Waals surface area contributed by atoms with Gasteiger partial charge in [-0.1, -0.05) is 144 Å². The van der Waals surface area contributed by atoms with Gasteiger partial charge < -0.3 is 14.9 Å². The zero-order valence-electron chi connectivity index (χ0n) is 34.3. The van der Waals surface area contributed by atoms with Gasteiger partial charge in [0.1, 0.15) is 6.10 Å². The van der Waals surface area contributed by atoms with Crippen molar-refractivity contribution in [2.45, 2.75) is 215 Å². The summed E-state index contributed by atoms with van der Waals surface area (Å²) in [5.41, 5.74) is 1.12. The maximum absolute atomic E-state index is 13.2. The number of hydrogen-bond donors (Lipinski definition) is 2. The molecule has 5 aliphatic carbocycles. The number of unbranched alkanes of at least 4 members (excludes halogenated alkanes) is 12. The molecular formula is C46H80O4. The van der Waals surface area contributed by atoms with Crippen LogP contribution in [0.3, 0.4) is 0 Å². The van der Waals surface area contributed by atoms with Crippen LogP contribution in [0.2, 0.25) is 0 Å². The Hall–Kier alpha value is -0.870. The average molecular weight is 697 g/mol. The van der Waals surface area contributed by atoms with Crippen LogP contribution < -0.4 is 0 Å². The first-order valence-electron chi connectivity index (χ1n) is 21.8. The number of rotatable bonds is 15. The molecule has 0 aliphatic heterocycles. The Kier molecular flexibility index (Phi) is 12.8. The van der Waals surface area contributed by atoms with Gasteiger partial charge in [-0.2, -0.15) is 0 Å². The van der Waals surface area contributed by atoms with Gasteiger partial charge in [-0.25, -0.2) is 0 Å². The van der Waals surface area contributed by atoms with Crippen molar-refractivity contribution in [1.82, 2.24) is 0 Å². The predicted molar refractivity (Wildman–Crippen MR) is 208 cm³/mol. The largest absolute Gasteiger partial charge is 0.462 e. The van der Waals surface area contributed by atoms with E-state index >= 15 is 0 Å². The van der Waals surface area contributed by atoms with E-state index in [2.05, 4.69) is 62.3 Å². The number of carbonyl (C=O) groups excluding carboxylic acids is 1. The van der Waals surface area contributed by atoms with Crippen molar-refractivity contribution in [3.05, 3.63) is 11.6 Å². The molecule has 0 radical (unpaired) electrons. The zero-order valence-corrected chi connectivity index (χ0v) is 34.3. The zero-order chi connectivity index (χ0) is 36.5. The number of hydrogen-bond acceptors (Lipinski definition) is 4. The smallest absolute Gasteiger partial charge is 0.306 e. The van der Waals surface area contributed by atoms with Crippen molar-refractivity contribution in [1.29, 1.82) is 0 Å². The van der Waals surface area contributed by atoms with E-state index in [9.17, 15) is 15.0 Å². The van der Waals surface area contributed by atoms with Crippen molar-refractivity contribution >= 4 is 5.97 Å². The SMILES string of the molecule is CCCCCCCCCCCCCCCC(=O)O[C@H]1CC[C@@]2(C)C(CC[C@]3(C)C2CC[C@@H]2[C@H]4[C@H](C)C(C)=C[C@H](O)[C@]4(C)[C@@H](O)C[C@]23C)C1(C)C. The lowest BCUT2D eigenvalue weighted by Gasteiger charge is -2.74. The van der Waals surface area contributed by atoms with E-state index in [-0.39, 0.29) is 33.7 Å². The van der Waals surface area contributed by atoms with Gasteiger partial charge >= 0.3 is 5.97 Å². The molecule has 5 rings (SSSR count). The minimum absolute atomic E-state index is 0.00267. The molecule has 12 atom stereocenters. The first-order valence-corrected chi connectivity index (χ1v) is 21.8. The van der Waals surface area contributed by atoms with Crippen LogP contribution in [0.15, 0.2) is 11.6 Å². The lowest BCUT2D eigenvalue weighted by atomic mass is 9.31. The highest BCUT2D eigenvalue weighted by atomic mass is 16.5. The fourth-order valence-corrected chi connectivity index (χ4v) is 14.0. The molecule has 5 aliphatic rings. The minimum atomic E-state index is -0.578. The van der Waals surface area contributed by atoms with Gasteiger partial charge in [0.15, 0.2) is 0 Å². The monoisotopic (exact) mass is 697 g/mol. The maximum Gasteiger partial charge on any atom is 0.306 e. The maximum atomic E-state index is 13.2. The van der Waals surface area contributed by atoms with Crippen molar-refractivity contribution in [2.75, 3.05) is 0 Å². The topological polar surface area (TPSA) is 66.8 Å². The average Bonchev–Trinajstić information content (AvgIpc) is 3.05. The van der Waals surface area contributed by atoms with E-state index in [1.807, 2.05) is 6.08 Å². The first kappa shape index (κ1) is 40.3. The van der Waals surface area contributed by atoms with E-state index < -0.39 is 17.6 Å². The summed E-state index contributed by atoms with van der Waals surface area (Å²) in [5.74, 6) is 2.31. The van der Waals surface area contributed by atoms with Crippen LogP contribution in [0.5, 0.6) is 0 Å². The molecule has 0 bridgehead atoms. The van der Waals surface area contributed by atoms with Gasteiger partial charge in [0.2, 0.25) is 0 Å². The summed E-state index contributed by atoms with van der Waals surface area (Å²) in [4.78, 5) is 13.2. The lowest BCUT2D eigenvalue weighted by Crippen LogP contribution is -2.70. The Bertz CT molecular complexity index is 1170. The third-order valence-corrected chi connectivity index (χ3v) is 17.4. The van der Waals surface area contributed by atoms with Crippen molar-refractivity contribution < 1.29 is 19.7 Å². The molecule has 4 saturated carbocycles. The van der Waals surface area contributed by atoms with E-state index in [1.165, 1.54) is 102 Å². The molecule has 0 saturated heterocycles. The summed E-state index contributed by atoms with van der Waals surface area (Å²) in [6.07, 6.45) is 26.3. The fourth-order valence-electron chi connectivity index (χ4n) is 14.0. The van der Waals surface area contributed by atoms with Crippen LogP contribution in [0, 0.1) is 56.7 Å². The van der Waals surface area contributed by atoms with E-state index in [1.54, 1.807) is 0 Å². The predicted octanol–water partition coefficient (Wildman–Crippen LogP) is 12.0. The molecular weight excluding hydrogens is 617 g/mol. The first-order chi connectivity index (χ1) is 23.6. The lowest BCUT2D eigenvalue weighted by molar-refractivity contribution is -0.276. The number of aliphatic hydroxyl groups excluding tert-OH is 2. The highest BCUT2D eigenvalue weighted by molar-refractivity contribution is 5.69. The van der Waals surface area contributed by atoms with Gasteiger partial charge in [-0.15, -0.1) is 0 Å². The van der Waals surface area contributed by atoms with E-state index in [4.69, 9.17) is 4.74 Å². The van der Waals surface area contributed by atoms with Crippen LogP contribution in [-0.4, -0.2) is 34.5 Å². The standard InChI is InChI=1S/C46H80O4/c1-10-11-12-13-14-15-16-17-18-19-20-21-22-23-40(49)50-39-27-28-43(6)35(42(39,4)5)26-29-44(7)36(43)25-24-34-41-33(3)32(2)30-37(47)46(41,9)38(48)31-45(34,44)8/h30,33-39,41,47-48H,10-29,31H2,1-9H3/t33-,34-,35?,36?,37+,38+,39+,41-,43+,44-,45-,46-/m1/s1. The van der Waals surface area contributed by atoms with Gasteiger partial charge in [-0.3, -0.25) is 4.79 Å². The molecule has 0 spiro atoms. The second-order valence-electron chi connectivity index (χ2n) is 20.3. The van der Waals surface area contributed by atoms with Crippen LogP contribution in [0.4, 0.5) is 0 Å². The third-order valence-electron chi connectivity index (χ3n) is 17.4. The molecule has 2 unspecified atom stereocenters. The summed E-state index contributed by atoms with van der Waals surface area (Å²) < 4.78 is 6.39. The highest BCUT2D eigenvalue weighted by Gasteiger charge is 2.72. The van der Waals surface area contributed by atoms with Gasteiger partial charge in [0.05, 0.1) is 12.2 Å². The number of esters is 1. The molecule has 0 heterocycles. The molecule has 4 heteroatoms. The summed E-state index contributed by atoms with van der Waals surface area (Å²) in [6.45, 7) is 21.6. The van der Waals surface area contributed by atoms with Crippen LogP contribution >= 0.6 is 0 Å². The number of ether oxygens (including phenoxy) is 1. The van der Waals surface area contributed by atoms with Crippen molar-refractivity contribution in [3.8, 4) is 0 Å². The second-order valence-corrected chi connectivity index (χ2v) is 20.3.